The minimum Gasteiger partial charge on any atom is -0.456 e. The van der Waals surface area contributed by atoms with Gasteiger partial charge in [-0.2, -0.15) is 0 Å². The molecular formula is C54H33N5O. The van der Waals surface area contributed by atoms with Crippen LogP contribution in [0.25, 0.3) is 122 Å². The van der Waals surface area contributed by atoms with Gasteiger partial charge in [-0.3, -0.25) is 9.13 Å². The Morgan fingerprint density at radius 1 is 0.433 bits per heavy atom. The first-order valence-corrected chi connectivity index (χ1v) is 20.2. The number of benzene rings is 8. The molecule has 6 nitrogen and oxygen atoms in total. The van der Waals surface area contributed by atoms with Crippen LogP contribution in [0.4, 0.5) is 0 Å². The molecule has 60 heavy (non-hydrogen) atoms. The van der Waals surface area contributed by atoms with E-state index in [2.05, 4.69) is 178 Å². The second-order valence-electron chi connectivity index (χ2n) is 15.5. The molecule has 0 spiro atoms. The number of nitrogens with zero attached hydrogens (tertiary/aromatic N) is 4. The second-order valence-corrected chi connectivity index (χ2v) is 15.5. The predicted octanol–water partition coefficient (Wildman–Crippen LogP) is 14.1. The minimum atomic E-state index is 0.847. The van der Waals surface area contributed by atoms with Crippen molar-refractivity contribution in [1.82, 2.24) is 24.1 Å². The molecule has 13 aromatic rings. The fourth-order valence-corrected chi connectivity index (χ4v) is 9.40. The SMILES string of the molecule is c1ccc(-c2ccc(-n3c(-c4cccc5c4[nH]c4ccccc45)nc4c(-c5ccc6c7cc8c(cc7n(-c7ccccn7)c6c5)oc5ccccc58)cccc43)cc2)cc1. The number of hydrogen-bond acceptors (Lipinski definition) is 3. The smallest absolute Gasteiger partial charge is 0.147 e. The van der Waals surface area contributed by atoms with Gasteiger partial charge in [0.25, 0.3) is 0 Å². The lowest BCUT2D eigenvalue weighted by Gasteiger charge is -2.12. The van der Waals surface area contributed by atoms with Gasteiger partial charge in [0.05, 0.1) is 27.6 Å². The van der Waals surface area contributed by atoms with Gasteiger partial charge in [-0.25, -0.2) is 9.97 Å². The van der Waals surface area contributed by atoms with Crippen molar-refractivity contribution in [2.24, 2.45) is 0 Å². The summed E-state index contributed by atoms with van der Waals surface area (Å²) in [5, 5.41) is 6.88. The summed E-state index contributed by atoms with van der Waals surface area (Å²) in [4.78, 5) is 14.2. The Kier molecular flexibility index (Phi) is 6.91. The Morgan fingerprint density at radius 3 is 2.05 bits per heavy atom. The molecule has 0 saturated heterocycles. The third kappa shape index (κ3) is 4.82. The summed E-state index contributed by atoms with van der Waals surface area (Å²) in [5.74, 6) is 1.72. The normalized spacial score (nSPS) is 12.0. The number of rotatable bonds is 5. The van der Waals surface area contributed by atoms with Gasteiger partial charge in [-0.15, -0.1) is 0 Å². The number of aromatic nitrogens is 5. The number of fused-ring (bicyclic) bond motifs is 10. The predicted molar refractivity (Wildman–Crippen MR) is 246 cm³/mol. The molecule has 5 heterocycles. The average Bonchev–Trinajstić information content (AvgIpc) is 4.07. The maximum atomic E-state index is 6.40. The molecule has 5 aromatic heterocycles. The Balaban J connectivity index is 1.06. The van der Waals surface area contributed by atoms with E-state index in [1.807, 2.05) is 30.5 Å². The fourth-order valence-electron chi connectivity index (χ4n) is 9.40. The maximum absolute atomic E-state index is 6.40. The molecule has 0 amide bonds. The van der Waals surface area contributed by atoms with Gasteiger partial charge in [-0.05, 0) is 77.4 Å². The van der Waals surface area contributed by atoms with Crippen molar-refractivity contribution in [3.8, 4) is 45.1 Å². The minimum absolute atomic E-state index is 0.847. The van der Waals surface area contributed by atoms with E-state index < -0.39 is 0 Å². The molecule has 0 aliphatic rings. The zero-order valence-electron chi connectivity index (χ0n) is 32.2. The number of nitrogens with one attached hydrogen (secondary N) is 1. The molecule has 13 rings (SSSR count). The maximum Gasteiger partial charge on any atom is 0.147 e. The highest BCUT2D eigenvalue weighted by atomic mass is 16.3. The van der Waals surface area contributed by atoms with Crippen molar-refractivity contribution < 1.29 is 4.42 Å². The molecule has 0 radical (unpaired) electrons. The lowest BCUT2D eigenvalue weighted by molar-refractivity contribution is 0.669. The summed E-state index contributed by atoms with van der Waals surface area (Å²) < 4.78 is 11.0. The first-order valence-electron chi connectivity index (χ1n) is 20.2. The molecule has 0 atom stereocenters. The van der Waals surface area contributed by atoms with Crippen molar-refractivity contribution in [3.63, 3.8) is 0 Å². The fraction of sp³-hybridized carbons (Fsp3) is 0. The van der Waals surface area contributed by atoms with Gasteiger partial charge < -0.3 is 9.40 Å². The lowest BCUT2D eigenvalue weighted by Crippen LogP contribution is -1.98. The van der Waals surface area contributed by atoms with Crippen LogP contribution < -0.4 is 0 Å². The topological polar surface area (TPSA) is 64.6 Å². The lowest BCUT2D eigenvalue weighted by atomic mass is 10.0. The molecule has 6 heteroatoms. The number of imidazole rings is 1. The van der Waals surface area contributed by atoms with E-state index in [0.717, 1.165) is 99.8 Å². The molecule has 8 aromatic carbocycles. The first-order chi connectivity index (χ1) is 29.7. The standard InChI is InChI=1S/C54H33N5O/c1-2-12-33(13-3-1)34-23-26-36(27-24-34)58-46-20-11-16-37(53(46)57-54(58)42-18-10-17-41-38-14-4-6-19-45(38)56-52(41)42)35-25-28-39-43-31-44-40-15-5-7-21-49(40)60-50(44)32-48(43)59(47(39)30-35)51-22-8-9-29-55-51/h1-32,56H. The highest BCUT2D eigenvalue weighted by molar-refractivity contribution is 6.18. The second kappa shape index (κ2) is 12.6. The summed E-state index contributed by atoms with van der Waals surface area (Å²) in [5.41, 5.74) is 14.5. The quantitative estimate of drug-likeness (QED) is 0.190. The molecule has 1 N–H and O–H groups in total. The molecule has 0 fully saturated rings. The van der Waals surface area contributed by atoms with E-state index in [1.54, 1.807) is 0 Å². The summed E-state index contributed by atoms with van der Waals surface area (Å²) in [6, 6.07) is 66.5. The first kappa shape index (κ1) is 32.8. The van der Waals surface area contributed by atoms with E-state index >= 15 is 0 Å². The molecule has 0 aliphatic carbocycles. The van der Waals surface area contributed by atoms with Gasteiger partial charge in [-0.1, -0.05) is 121 Å². The number of para-hydroxylation sites is 4. The Hall–Kier alpha value is -8.22. The molecule has 280 valence electrons. The zero-order chi connectivity index (χ0) is 39.3. The van der Waals surface area contributed by atoms with Gasteiger partial charge in [0, 0.05) is 66.9 Å². The van der Waals surface area contributed by atoms with Crippen LogP contribution in [0.15, 0.2) is 199 Å². The van der Waals surface area contributed by atoms with Gasteiger partial charge in [0.1, 0.15) is 22.8 Å². The van der Waals surface area contributed by atoms with E-state index in [-0.39, 0.29) is 0 Å². The van der Waals surface area contributed by atoms with Crippen molar-refractivity contribution >= 4 is 76.6 Å². The van der Waals surface area contributed by atoms with Crippen LogP contribution in [0.5, 0.6) is 0 Å². The van der Waals surface area contributed by atoms with Crippen molar-refractivity contribution in [3.05, 3.63) is 194 Å². The highest BCUT2D eigenvalue weighted by Crippen LogP contribution is 2.42. The van der Waals surface area contributed by atoms with Gasteiger partial charge in [0.2, 0.25) is 0 Å². The van der Waals surface area contributed by atoms with Crippen molar-refractivity contribution in [2.75, 3.05) is 0 Å². The van der Waals surface area contributed by atoms with Crippen LogP contribution in [0.3, 0.4) is 0 Å². The molecule has 0 saturated carbocycles. The van der Waals surface area contributed by atoms with E-state index in [0.29, 0.717) is 0 Å². The number of pyridine rings is 1. The van der Waals surface area contributed by atoms with Crippen molar-refractivity contribution in [1.29, 1.82) is 0 Å². The van der Waals surface area contributed by atoms with Crippen LogP contribution in [-0.4, -0.2) is 24.1 Å². The van der Waals surface area contributed by atoms with E-state index in [9.17, 15) is 0 Å². The molecule has 0 bridgehead atoms. The van der Waals surface area contributed by atoms with E-state index in [4.69, 9.17) is 14.4 Å². The van der Waals surface area contributed by atoms with Crippen LogP contribution in [0, 0.1) is 0 Å². The summed E-state index contributed by atoms with van der Waals surface area (Å²) >= 11 is 0. The largest absolute Gasteiger partial charge is 0.456 e. The summed E-state index contributed by atoms with van der Waals surface area (Å²) in [7, 11) is 0. The highest BCUT2D eigenvalue weighted by Gasteiger charge is 2.22. The van der Waals surface area contributed by atoms with Crippen LogP contribution >= 0.6 is 0 Å². The molecular weight excluding hydrogens is 735 g/mol. The van der Waals surface area contributed by atoms with Gasteiger partial charge >= 0.3 is 0 Å². The molecule has 0 unspecified atom stereocenters. The average molecular weight is 768 g/mol. The molecule has 0 aliphatic heterocycles. The van der Waals surface area contributed by atoms with E-state index in [1.165, 1.54) is 21.9 Å². The Labute approximate surface area is 343 Å². The summed E-state index contributed by atoms with van der Waals surface area (Å²) in [6.07, 6.45) is 1.85. The third-order valence-corrected chi connectivity index (χ3v) is 12.2. The zero-order valence-corrected chi connectivity index (χ0v) is 32.2. The van der Waals surface area contributed by atoms with Gasteiger partial charge in [0.15, 0.2) is 0 Å². The number of aromatic amines is 1. The Bertz CT molecular complexity index is 3810. The van der Waals surface area contributed by atoms with Crippen LogP contribution in [-0.2, 0) is 0 Å². The number of hydrogen-bond donors (Lipinski definition) is 1. The summed E-state index contributed by atoms with van der Waals surface area (Å²) in [6.45, 7) is 0. The Morgan fingerprint density at radius 2 is 1.17 bits per heavy atom. The number of H-pyrrole nitrogens is 1. The van der Waals surface area contributed by atoms with Crippen LogP contribution in [0.1, 0.15) is 0 Å². The van der Waals surface area contributed by atoms with Crippen molar-refractivity contribution in [2.45, 2.75) is 0 Å². The monoisotopic (exact) mass is 767 g/mol. The number of furan rings is 1. The third-order valence-electron chi connectivity index (χ3n) is 12.2. The van der Waals surface area contributed by atoms with Crippen LogP contribution in [0.2, 0.25) is 0 Å².